The number of rotatable bonds is 7. The molecule has 5 nitrogen and oxygen atoms in total. The molecule has 106 valence electrons. The Morgan fingerprint density at radius 1 is 1.32 bits per heavy atom. The number of methoxy groups -OCH3 is 1. The van der Waals surface area contributed by atoms with E-state index in [2.05, 4.69) is 5.32 Å². The predicted molar refractivity (Wildman–Crippen MR) is 72.2 cm³/mol. The molecule has 0 heterocycles. The number of ether oxygens (including phenoxy) is 2. The number of nitrogens with one attached hydrogen (secondary N) is 1. The van der Waals surface area contributed by atoms with Crippen molar-refractivity contribution in [1.29, 1.82) is 0 Å². The Morgan fingerprint density at radius 3 is 2.47 bits per heavy atom. The normalized spacial score (nSPS) is 10.3. The van der Waals surface area contributed by atoms with E-state index in [0.29, 0.717) is 18.9 Å². The summed E-state index contributed by atoms with van der Waals surface area (Å²) in [5.74, 6) is 0.515. The molecule has 0 atom stereocenters. The van der Waals surface area contributed by atoms with Gasteiger partial charge in [-0.1, -0.05) is 12.1 Å². The second-order valence-electron chi connectivity index (χ2n) is 4.35. The van der Waals surface area contributed by atoms with E-state index >= 15 is 0 Å². The van der Waals surface area contributed by atoms with Crippen molar-refractivity contribution in [1.82, 2.24) is 5.32 Å². The second-order valence-corrected chi connectivity index (χ2v) is 4.35. The van der Waals surface area contributed by atoms with Crippen LogP contribution in [0.1, 0.15) is 16.7 Å². The summed E-state index contributed by atoms with van der Waals surface area (Å²) < 4.78 is 10.4. The Kier molecular flexibility index (Phi) is 6.32. The highest BCUT2D eigenvalue weighted by Gasteiger charge is 2.08. The Morgan fingerprint density at radius 2 is 1.95 bits per heavy atom. The molecule has 0 saturated carbocycles. The molecule has 0 bridgehead atoms. The number of aliphatic hydroxyl groups excluding tert-OH is 1. The minimum atomic E-state index is -0.179. The molecule has 1 aromatic carbocycles. The van der Waals surface area contributed by atoms with Gasteiger partial charge in [-0.3, -0.25) is 4.79 Å². The van der Waals surface area contributed by atoms with Gasteiger partial charge >= 0.3 is 0 Å². The Balaban J connectivity index is 2.55. The van der Waals surface area contributed by atoms with Gasteiger partial charge in [0.25, 0.3) is 5.91 Å². The van der Waals surface area contributed by atoms with Crippen LogP contribution in [-0.2, 0) is 16.1 Å². The van der Waals surface area contributed by atoms with E-state index in [-0.39, 0.29) is 19.1 Å². The first-order valence-electron chi connectivity index (χ1n) is 6.18. The fraction of sp³-hybridized carbons (Fsp3) is 0.500. The zero-order valence-electron chi connectivity index (χ0n) is 11.7. The van der Waals surface area contributed by atoms with Crippen LogP contribution >= 0.6 is 0 Å². The summed E-state index contributed by atoms with van der Waals surface area (Å²) >= 11 is 0. The molecule has 0 aromatic heterocycles. The highest BCUT2D eigenvalue weighted by atomic mass is 16.5. The topological polar surface area (TPSA) is 67.8 Å². The van der Waals surface area contributed by atoms with Crippen molar-refractivity contribution in [2.45, 2.75) is 20.5 Å². The summed E-state index contributed by atoms with van der Waals surface area (Å²) in [4.78, 5) is 11.5. The van der Waals surface area contributed by atoms with E-state index in [1.807, 2.05) is 26.0 Å². The number of benzene rings is 1. The smallest absolute Gasteiger partial charge is 0.258 e. The van der Waals surface area contributed by atoms with Crippen molar-refractivity contribution in [2.75, 3.05) is 26.9 Å². The maximum Gasteiger partial charge on any atom is 0.258 e. The Labute approximate surface area is 113 Å². The van der Waals surface area contributed by atoms with Crippen molar-refractivity contribution >= 4 is 5.91 Å². The molecule has 5 heteroatoms. The average Bonchev–Trinajstić information content (AvgIpc) is 2.37. The molecule has 19 heavy (non-hydrogen) atoms. The number of amides is 1. The predicted octanol–water partition coefficient (Wildman–Crippen LogP) is 0.937. The molecular weight excluding hydrogens is 246 g/mol. The van der Waals surface area contributed by atoms with E-state index in [9.17, 15) is 4.79 Å². The lowest BCUT2D eigenvalue weighted by Crippen LogP contribution is -2.31. The molecule has 0 aliphatic carbocycles. The maximum absolute atomic E-state index is 11.5. The third-order valence-corrected chi connectivity index (χ3v) is 2.68. The molecule has 1 amide bonds. The van der Waals surface area contributed by atoms with Crippen LogP contribution in [-0.4, -0.2) is 37.9 Å². The van der Waals surface area contributed by atoms with Crippen molar-refractivity contribution in [2.24, 2.45) is 0 Å². The van der Waals surface area contributed by atoms with Gasteiger partial charge < -0.3 is 19.9 Å². The van der Waals surface area contributed by atoms with Crippen LogP contribution in [0.15, 0.2) is 12.1 Å². The lowest BCUT2D eigenvalue weighted by atomic mass is 10.1. The number of hydrogen-bond donors (Lipinski definition) is 2. The van der Waals surface area contributed by atoms with Gasteiger partial charge in [-0.2, -0.15) is 0 Å². The fourth-order valence-electron chi connectivity index (χ4n) is 1.84. The second kappa shape index (κ2) is 7.76. The van der Waals surface area contributed by atoms with Crippen LogP contribution in [0.3, 0.4) is 0 Å². The van der Waals surface area contributed by atoms with E-state index in [1.54, 1.807) is 7.11 Å². The summed E-state index contributed by atoms with van der Waals surface area (Å²) in [5, 5.41) is 11.8. The zero-order valence-corrected chi connectivity index (χ0v) is 11.7. The summed E-state index contributed by atoms with van der Waals surface area (Å²) in [6.45, 7) is 4.72. The van der Waals surface area contributed by atoms with Crippen LogP contribution in [0.5, 0.6) is 5.75 Å². The highest BCUT2D eigenvalue weighted by molar-refractivity contribution is 5.77. The molecule has 0 radical (unpaired) electrons. The molecule has 0 spiro atoms. The first kappa shape index (κ1) is 15.5. The number of carbonyl (C=O) groups excluding carboxylic acids is 1. The molecular formula is C14H21NO4. The molecule has 0 aliphatic rings. The summed E-state index contributed by atoms with van der Waals surface area (Å²) in [7, 11) is 1.58. The lowest BCUT2D eigenvalue weighted by molar-refractivity contribution is -0.123. The number of carbonyl (C=O) groups is 1. The zero-order chi connectivity index (χ0) is 14.3. The largest absolute Gasteiger partial charge is 0.483 e. The Hall–Kier alpha value is -1.59. The quantitative estimate of drug-likeness (QED) is 0.721. The monoisotopic (exact) mass is 267 g/mol. The number of aryl methyl sites for hydroxylation is 2. The minimum Gasteiger partial charge on any atom is -0.483 e. The molecule has 1 rings (SSSR count). The van der Waals surface area contributed by atoms with Crippen LogP contribution in [0.25, 0.3) is 0 Å². The van der Waals surface area contributed by atoms with Gasteiger partial charge in [0.15, 0.2) is 6.61 Å². The van der Waals surface area contributed by atoms with Crippen molar-refractivity contribution in [3.8, 4) is 5.75 Å². The van der Waals surface area contributed by atoms with Gasteiger partial charge in [0, 0.05) is 13.7 Å². The van der Waals surface area contributed by atoms with E-state index in [0.717, 1.165) is 16.7 Å². The first-order valence-corrected chi connectivity index (χ1v) is 6.18. The summed E-state index contributed by atoms with van der Waals surface area (Å²) in [5.41, 5.74) is 2.66. The van der Waals surface area contributed by atoms with Crippen molar-refractivity contribution in [3.63, 3.8) is 0 Å². The van der Waals surface area contributed by atoms with Gasteiger partial charge in [-0.25, -0.2) is 0 Å². The molecule has 0 aliphatic heterocycles. The van der Waals surface area contributed by atoms with E-state index < -0.39 is 0 Å². The first-order chi connectivity index (χ1) is 9.08. The van der Waals surface area contributed by atoms with Crippen molar-refractivity contribution in [3.05, 3.63) is 28.8 Å². The van der Waals surface area contributed by atoms with E-state index in [1.165, 1.54) is 0 Å². The third kappa shape index (κ3) is 4.89. The molecule has 0 fully saturated rings. The number of hydrogen-bond acceptors (Lipinski definition) is 4. The van der Waals surface area contributed by atoms with Gasteiger partial charge in [0.2, 0.25) is 0 Å². The van der Waals surface area contributed by atoms with Crippen LogP contribution in [0.4, 0.5) is 0 Å². The van der Waals surface area contributed by atoms with E-state index in [4.69, 9.17) is 14.6 Å². The maximum atomic E-state index is 11.5. The summed E-state index contributed by atoms with van der Waals surface area (Å²) in [6.07, 6.45) is 0. The fourth-order valence-corrected chi connectivity index (χ4v) is 1.84. The third-order valence-electron chi connectivity index (χ3n) is 2.68. The lowest BCUT2D eigenvalue weighted by Gasteiger charge is -2.13. The van der Waals surface area contributed by atoms with Gasteiger partial charge in [0.1, 0.15) is 5.75 Å². The Bertz CT molecular complexity index is 408. The van der Waals surface area contributed by atoms with Gasteiger partial charge in [-0.15, -0.1) is 0 Å². The van der Waals surface area contributed by atoms with Gasteiger partial charge in [0.05, 0.1) is 13.2 Å². The van der Waals surface area contributed by atoms with Crippen LogP contribution in [0, 0.1) is 13.8 Å². The molecule has 1 aromatic rings. The molecule has 2 N–H and O–H groups in total. The standard InChI is InChI=1S/C14H21NO4/c1-10-6-12(8-16)7-11(2)14(10)19-9-13(17)15-4-5-18-3/h6-7,16H,4-5,8-9H2,1-3H3,(H,15,17). The SMILES string of the molecule is COCCNC(=O)COc1c(C)cc(CO)cc1C. The van der Waals surface area contributed by atoms with Crippen LogP contribution < -0.4 is 10.1 Å². The van der Waals surface area contributed by atoms with Crippen molar-refractivity contribution < 1.29 is 19.4 Å². The van der Waals surface area contributed by atoms with Gasteiger partial charge in [-0.05, 0) is 30.5 Å². The average molecular weight is 267 g/mol. The number of aliphatic hydroxyl groups is 1. The minimum absolute atomic E-state index is 0.000532. The van der Waals surface area contributed by atoms with Crippen LogP contribution in [0.2, 0.25) is 0 Å². The molecule has 0 saturated heterocycles. The summed E-state index contributed by atoms with van der Waals surface area (Å²) in [6, 6.07) is 3.70. The molecule has 0 unspecified atom stereocenters. The highest BCUT2D eigenvalue weighted by Crippen LogP contribution is 2.24.